The van der Waals surface area contributed by atoms with Crippen LogP contribution in [-0.4, -0.2) is 35.8 Å². The van der Waals surface area contributed by atoms with Gasteiger partial charge in [0.25, 0.3) is 0 Å². The normalized spacial score (nSPS) is 10.8. The largest absolute Gasteiger partial charge is 0.394 e. The zero-order chi connectivity index (χ0) is 11.2. The SMILES string of the molecule is OCCOCCNc1snc2ccccc12. The van der Waals surface area contributed by atoms with Gasteiger partial charge in [0, 0.05) is 11.9 Å². The van der Waals surface area contributed by atoms with Crippen LogP contribution in [0.15, 0.2) is 24.3 Å². The van der Waals surface area contributed by atoms with E-state index in [1.165, 1.54) is 11.5 Å². The second kappa shape index (κ2) is 5.79. The molecule has 0 aliphatic rings. The van der Waals surface area contributed by atoms with Crippen molar-refractivity contribution in [1.82, 2.24) is 4.37 Å². The first kappa shape index (κ1) is 11.3. The Kier molecular flexibility index (Phi) is 4.10. The summed E-state index contributed by atoms with van der Waals surface area (Å²) in [7, 11) is 0. The third-order valence-electron chi connectivity index (χ3n) is 2.15. The average Bonchev–Trinajstić information content (AvgIpc) is 2.73. The number of fused-ring (bicyclic) bond motifs is 1. The maximum absolute atomic E-state index is 8.54. The lowest BCUT2D eigenvalue weighted by Crippen LogP contribution is -2.10. The highest BCUT2D eigenvalue weighted by atomic mass is 32.1. The summed E-state index contributed by atoms with van der Waals surface area (Å²) in [5, 5.41) is 14.0. The molecule has 0 fully saturated rings. The summed E-state index contributed by atoms with van der Waals surface area (Å²) >= 11 is 1.46. The number of hydrogen-bond donors (Lipinski definition) is 2. The minimum atomic E-state index is 0.0729. The van der Waals surface area contributed by atoms with Gasteiger partial charge in [-0.1, -0.05) is 12.1 Å². The monoisotopic (exact) mass is 238 g/mol. The van der Waals surface area contributed by atoms with Crippen LogP contribution in [0, 0.1) is 0 Å². The topological polar surface area (TPSA) is 54.4 Å². The highest BCUT2D eigenvalue weighted by Gasteiger charge is 2.03. The van der Waals surface area contributed by atoms with E-state index in [-0.39, 0.29) is 6.61 Å². The van der Waals surface area contributed by atoms with E-state index in [0.717, 1.165) is 22.4 Å². The van der Waals surface area contributed by atoms with E-state index in [1.807, 2.05) is 18.2 Å². The molecule has 0 unspecified atom stereocenters. The van der Waals surface area contributed by atoms with Gasteiger partial charge >= 0.3 is 0 Å². The van der Waals surface area contributed by atoms with Gasteiger partial charge in [0.05, 0.1) is 25.3 Å². The Morgan fingerprint density at radius 3 is 3.06 bits per heavy atom. The lowest BCUT2D eigenvalue weighted by atomic mass is 10.2. The van der Waals surface area contributed by atoms with E-state index < -0.39 is 0 Å². The van der Waals surface area contributed by atoms with Gasteiger partial charge < -0.3 is 15.2 Å². The molecule has 0 saturated carbocycles. The van der Waals surface area contributed by atoms with E-state index in [2.05, 4.69) is 15.8 Å². The summed E-state index contributed by atoms with van der Waals surface area (Å²) < 4.78 is 9.50. The maximum atomic E-state index is 8.54. The van der Waals surface area contributed by atoms with Gasteiger partial charge in [-0.25, -0.2) is 0 Å². The summed E-state index contributed by atoms with van der Waals surface area (Å²) in [6, 6.07) is 8.04. The molecule has 0 bridgehead atoms. The van der Waals surface area contributed by atoms with Gasteiger partial charge in [0.2, 0.25) is 0 Å². The molecule has 5 heteroatoms. The Morgan fingerprint density at radius 1 is 1.31 bits per heavy atom. The number of hydrogen-bond acceptors (Lipinski definition) is 5. The summed E-state index contributed by atoms with van der Waals surface area (Å²) in [6.07, 6.45) is 0. The Labute approximate surface area is 98.0 Å². The number of aliphatic hydroxyl groups is 1. The van der Waals surface area contributed by atoms with Crippen LogP contribution in [0.25, 0.3) is 10.9 Å². The summed E-state index contributed by atoms with van der Waals surface area (Å²) in [5.41, 5.74) is 1.02. The number of nitrogens with one attached hydrogen (secondary N) is 1. The average molecular weight is 238 g/mol. The molecule has 1 aromatic carbocycles. The molecule has 1 aromatic heterocycles. The third-order valence-corrected chi connectivity index (χ3v) is 2.99. The van der Waals surface area contributed by atoms with Crippen molar-refractivity contribution in [2.45, 2.75) is 0 Å². The van der Waals surface area contributed by atoms with Crippen LogP contribution in [0.1, 0.15) is 0 Å². The predicted octanol–water partition coefficient (Wildman–Crippen LogP) is 1.72. The lowest BCUT2D eigenvalue weighted by molar-refractivity contribution is 0.0992. The maximum Gasteiger partial charge on any atom is 0.117 e. The van der Waals surface area contributed by atoms with Gasteiger partial charge in [0.15, 0.2) is 0 Å². The summed E-state index contributed by atoms with van der Waals surface area (Å²) in [5.74, 6) is 0. The quantitative estimate of drug-likeness (QED) is 0.752. The molecule has 0 aliphatic heterocycles. The van der Waals surface area contributed by atoms with Crippen LogP contribution in [-0.2, 0) is 4.74 Å². The molecule has 2 aromatic rings. The van der Waals surface area contributed by atoms with Crippen molar-refractivity contribution in [2.75, 3.05) is 31.7 Å². The molecule has 0 atom stereocenters. The van der Waals surface area contributed by atoms with Crippen LogP contribution < -0.4 is 5.32 Å². The van der Waals surface area contributed by atoms with Crippen molar-refractivity contribution >= 4 is 27.4 Å². The first-order valence-corrected chi connectivity index (χ1v) is 5.96. The highest BCUT2D eigenvalue weighted by Crippen LogP contribution is 2.26. The first-order chi connectivity index (χ1) is 7.92. The van der Waals surface area contributed by atoms with Gasteiger partial charge in [-0.15, -0.1) is 0 Å². The first-order valence-electron chi connectivity index (χ1n) is 5.18. The number of ether oxygens (including phenoxy) is 1. The van der Waals surface area contributed by atoms with E-state index >= 15 is 0 Å². The second-order valence-corrected chi connectivity index (χ2v) is 4.06. The van der Waals surface area contributed by atoms with Crippen molar-refractivity contribution in [3.05, 3.63) is 24.3 Å². The molecule has 1 heterocycles. The minimum Gasteiger partial charge on any atom is -0.394 e. The Hall–Kier alpha value is -1.17. The molecule has 2 rings (SSSR count). The predicted molar refractivity (Wildman–Crippen MR) is 66.0 cm³/mol. The van der Waals surface area contributed by atoms with Crippen LogP contribution in [0.3, 0.4) is 0 Å². The molecule has 16 heavy (non-hydrogen) atoms. The zero-order valence-corrected chi connectivity index (χ0v) is 9.67. The van der Waals surface area contributed by atoms with Crippen molar-refractivity contribution in [1.29, 1.82) is 0 Å². The minimum absolute atomic E-state index is 0.0729. The van der Waals surface area contributed by atoms with Crippen molar-refractivity contribution in [3.63, 3.8) is 0 Å². The van der Waals surface area contributed by atoms with E-state index in [0.29, 0.717) is 13.2 Å². The van der Waals surface area contributed by atoms with Crippen LogP contribution in [0.5, 0.6) is 0 Å². The molecule has 0 saturated heterocycles. The summed E-state index contributed by atoms with van der Waals surface area (Å²) in [4.78, 5) is 0. The fourth-order valence-corrected chi connectivity index (χ4v) is 2.21. The fourth-order valence-electron chi connectivity index (χ4n) is 1.42. The van der Waals surface area contributed by atoms with Gasteiger partial charge in [-0.05, 0) is 23.7 Å². The van der Waals surface area contributed by atoms with Gasteiger partial charge in [-0.2, -0.15) is 4.37 Å². The fraction of sp³-hybridized carbons (Fsp3) is 0.364. The van der Waals surface area contributed by atoms with Gasteiger partial charge in [-0.3, -0.25) is 0 Å². The zero-order valence-electron chi connectivity index (χ0n) is 8.85. The standard InChI is InChI=1S/C11H14N2O2S/c14-6-8-15-7-5-12-11-9-3-1-2-4-10(9)13-16-11/h1-4,12,14H,5-8H2. The van der Waals surface area contributed by atoms with Crippen LogP contribution in [0.4, 0.5) is 5.00 Å². The molecule has 86 valence electrons. The molecular weight excluding hydrogens is 224 g/mol. The van der Waals surface area contributed by atoms with Crippen molar-refractivity contribution in [2.24, 2.45) is 0 Å². The molecule has 0 spiro atoms. The summed E-state index contributed by atoms with van der Waals surface area (Å²) in [6.45, 7) is 1.79. The molecule has 4 nitrogen and oxygen atoms in total. The highest BCUT2D eigenvalue weighted by molar-refractivity contribution is 7.11. The van der Waals surface area contributed by atoms with E-state index in [4.69, 9.17) is 9.84 Å². The third kappa shape index (κ3) is 2.69. The van der Waals surface area contributed by atoms with Crippen molar-refractivity contribution in [3.8, 4) is 0 Å². The molecule has 0 radical (unpaired) electrons. The molecule has 2 N–H and O–H groups in total. The Morgan fingerprint density at radius 2 is 2.19 bits per heavy atom. The number of aliphatic hydroxyl groups excluding tert-OH is 1. The Balaban J connectivity index is 1.89. The molecule has 0 aliphatic carbocycles. The number of nitrogens with zero attached hydrogens (tertiary/aromatic N) is 1. The Bertz CT molecular complexity index is 444. The van der Waals surface area contributed by atoms with E-state index in [9.17, 15) is 0 Å². The number of benzene rings is 1. The lowest BCUT2D eigenvalue weighted by Gasteiger charge is -2.04. The number of aromatic nitrogens is 1. The van der Waals surface area contributed by atoms with Gasteiger partial charge in [0.1, 0.15) is 5.00 Å². The van der Waals surface area contributed by atoms with Crippen LogP contribution >= 0.6 is 11.5 Å². The smallest absolute Gasteiger partial charge is 0.117 e. The van der Waals surface area contributed by atoms with Crippen LogP contribution in [0.2, 0.25) is 0 Å². The van der Waals surface area contributed by atoms with E-state index in [1.54, 1.807) is 0 Å². The van der Waals surface area contributed by atoms with Crippen molar-refractivity contribution < 1.29 is 9.84 Å². The number of anilines is 1. The molecule has 0 amide bonds. The second-order valence-electron chi connectivity index (χ2n) is 3.29. The number of rotatable bonds is 6. The molecular formula is C11H14N2O2S.